The molecule has 0 aromatic heterocycles. The Morgan fingerprint density at radius 3 is 2.42 bits per heavy atom. The number of anilines is 1. The summed E-state index contributed by atoms with van der Waals surface area (Å²) in [7, 11) is 3.35. The average Bonchev–Trinajstić information content (AvgIpc) is 2.56. The van der Waals surface area contributed by atoms with Crippen LogP contribution >= 0.6 is 11.6 Å². The predicted molar refractivity (Wildman–Crippen MR) is 97.6 cm³/mol. The fraction of sp³-hybridized carbons (Fsp3) is 0.263. The van der Waals surface area contributed by atoms with Crippen molar-refractivity contribution in [2.45, 2.75) is 19.3 Å². The van der Waals surface area contributed by atoms with Gasteiger partial charge in [0, 0.05) is 26.1 Å². The van der Waals surface area contributed by atoms with Gasteiger partial charge in [-0.2, -0.15) is 0 Å². The summed E-state index contributed by atoms with van der Waals surface area (Å²) in [6.45, 7) is 2.00. The van der Waals surface area contributed by atoms with Gasteiger partial charge in [0.15, 0.2) is 0 Å². The van der Waals surface area contributed by atoms with Crippen LogP contribution in [0.3, 0.4) is 0 Å². The van der Waals surface area contributed by atoms with Crippen molar-refractivity contribution in [2.75, 3.05) is 19.4 Å². The summed E-state index contributed by atoms with van der Waals surface area (Å²) in [5.41, 5.74) is 2.04. The van der Waals surface area contributed by atoms with Crippen LogP contribution in [0.5, 0.6) is 0 Å². The third-order valence-electron chi connectivity index (χ3n) is 3.75. The Morgan fingerprint density at radius 1 is 1.12 bits per heavy atom. The second-order valence-electron chi connectivity index (χ2n) is 5.96. The van der Waals surface area contributed by atoms with Crippen molar-refractivity contribution in [3.63, 3.8) is 0 Å². The minimum Gasteiger partial charge on any atom is -0.345 e. The summed E-state index contributed by atoms with van der Waals surface area (Å²) in [5.74, 6) is -0.181. The van der Waals surface area contributed by atoms with E-state index in [-0.39, 0.29) is 17.7 Å². The number of benzene rings is 2. The van der Waals surface area contributed by atoms with E-state index in [0.717, 1.165) is 5.56 Å². The van der Waals surface area contributed by atoms with Crippen molar-refractivity contribution >= 4 is 29.1 Å². The molecule has 2 rings (SSSR count). The van der Waals surface area contributed by atoms with Crippen LogP contribution < -0.4 is 5.32 Å². The topological polar surface area (TPSA) is 49.4 Å². The van der Waals surface area contributed by atoms with Crippen molar-refractivity contribution in [3.05, 3.63) is 64.7 Å². The number of carbonyl (C=O) groups excluding carboxylic acids is 2. The summed E-state index contributed by atoms with van der Waals surface area (Å²) in [5, 5.41) is 3.21. The second kappa shape index (κ2) is 7.97. The molecule has 1 unspecified atom stereocenters. The predicted octanol–water partition coefficient (Wildman–Crippen LogP) is 4.17. The number of hydrogen-bond acceptors (Lipinski definition) is 2. The first-order valence-electron chi connectivity index (χ1n) is 7.74. The zero-order valence-electron chi connectivity index (χ0n) is 14.0. The third-order valence-corrected chi connectivity index (χ3v) is 4.08. The Bertz CT molecular complexity index is 729. The number of amides is 2. The smallest absolute Gasteiger partial charge is 0.253 e. The molecule has 0 radical (unpaired) electrons. The zero-order chi connectivity index (χ0) is 17.7. The number of nitrogens with one attached hydrogen (secondary N) is 1. The molecule has 5 heteroatoms. The summed E-state index contributed by atoms with van der Waals surface area (Å²) < 4.78 is 0. The number of carbonyl (C=O) groups is 2. The summed E-state index contributed by atoms with van der Waals surface area (Å²) in [6.07, 6.45) is 0.339. The van der Waals surface area contributed by atoms with Gasteiger partial charge in [-0.15, -0.1) is 0 Å². The Hall–Kier alpha value is -2.33. The van der Waals surface area contributed by atoms with Gasteiger partial charge in [0.05, 0.1) is 10.7 Å². The van der Waals surface area contributed by atoms with Gasteiger partial charge in [-0.1, -0.05) is 48.9 Å². The zero-order valence-corrected chi connectivity index (χ0v) is 14.8. The highest BCUT2D eigenvalue weighted by Gasteiger charge is 2.15. The summed E-state index contributed by atoms with van der Waals surface area (Å²) in [4.78, 5) is 25.8. The normalized spacial score (nSPS) is 11.7. The average molecular weight is 345 g/mol. The Labute approximate surface area is 147 Å². The maximum atomic E-state index is 12.3. The van der Waals surface area contributed by atoms with Gasteiger partial charge in [-0.05, 0) is 29.7 Å². The molecule has 0 saturated carbocycles. The Morgan fingerprint density at radius 2 is 1.79 bits per heavy atom. The molecule has 1 N–H and O–H groups in total. The molecule has 0 fully saturated rings. The lowest BCUT2D eigenvalue weighted by molar-refractivity contribution is -0.116. The molecular weight excluding hydrogens is 324 g/mol. The van der Waals surface area contributed by atoms with Crippen LogP contribution in [0.15, 0.2) is 48.5 Å². The van der Waals surface area contributed by atoms with Crippen LogP contribution in [0.1, 0.15) is 35.2 Å². The molecule has 2 aromatic rings. The van der Waals surface area contributed by atoms with Gasteiger partial charge in [-0.3, -0.25) is 9.59 Å². The van der Waals surface area contributed by atoms with Gasteiger partial charge < -0.3 is 10.2 Å². The van der Waals surface area contributed by atoms with Gasteiger partial charge in [-0.25, -0.2) is 0 Å². The molecule has 4 nitrogen and oxygen atoms in total. The molecule has 0 aliphatic carbocycles. The quantitative estimate of drug-likeness (QED) is 0.884. The maximum absolute atomic E-state index is 12.3. The first-order chi connectivity index (χ1) is 11.4. The summed E-state index contributed by atoms with van der Waals surface area (Å²) in [6, 6.07) is 14.7. The lowest BCUT2D eigenvalue weighted by atomic mass is 9.97. The van der Waals surface area contributed by atoms with Crippen molar-refractivity contribution in [1.82, 2.24) is 4.90 Å². The van der Waals surface area contributed by atoms with Crippen LogP contribution in [-0.2, 0) is 4.79 Å². The Kier molecular flexibility index (Phi) is 5.99. The van der Waals surface area contributed by atoms with Gasteiger partial charge in [0.2, 0.25) is 5.91 Å². The largest absolute Gasteiger partial charge is 0.345 e. The molecule has 24 heavy (non-hydrogen) atoms. The van der Waals surface area contributed by atoms with Crippen LogP contribution in [0, 0.1) is 0 Å². The van der Waals surface area contributed by atoms with Crippen LogP contribution in [0.2, 0.25) is 5.02 Å². The third kappa shape index (κ3) is 4.59. The first kappa shape index (κ1) is 18.0. The van der Waals surface area contributed by atoms with Crippen molar-refractivity contribution < 1.29 is 9.59 Å². The van der Waals surface area contributed by atoms with Crippen LogP contribution in [0.25, 0.3) is 0 Å². The molecular formula is C19H21ClN2O2. The highest BCUT2D eigenvalue weighted by molar-refractivity contribution is 6.33. The van der Waals surface area contributed by atoms with Crippen molar-refractivity contribution in [1.29, 1.82) is 0 Å². The molecule has 2 aromatic carbocycles. The standard InChI is InChI=1S/C19H21ClN2O2/c1-13(14-7-5-4-6-8-14)11-18(23)21-17-12-15(9-10-16(17)20)19(24)22(2)3/h4-10,12-13H,11H2,1-3H3,(H,21,23). The van der Waals surface area contributed by atoms with E-state index in [2.05, 4.69) is 5.32 Å². The number of hydrogen-bond donors (Lipinski definition) is 1. The van der Waals surface area contributed by atoms with Crippen molar-refractivity contribution in [2.24, 2.45) is 0 Å². The maximum Gasteiger partial charge on any atom is 0.253 e. The molecule has 0 bridgehead atoms. The van der Waals surface area contributed by atoms with Gasteiger partial charge in [0.1, 0.15) is 0 Å². The van der Waals surface area contributed by atoms with E-state index in [9.17, 15) is 9.59 Å². The van der Waals surface area contributed by atoms with Gasteiger partial charge >= 0.3 is 0 Å². The molecule has 2 amide bonds. The van der Waals surface area contributed by atoms with E-state index >= 15 is 0 Å². The fourth-order valence-electron chi connectivity index (χ4n) is 2.39. The lowest BCUT2D eigenvalue weighted by Gasteiger charge is -2.14. The van der Waals surface area contributed by atoms with E-state index in [1.54, 1.807) is 32.3 Å². The van der Waals surface area contributed by atoms with E-state index in [1.807, 2.05) is 37.3 Å². The molecule has 0 aliphatic heterocycles. The minimum absolute atomic E-state index is 0.0940. The molecule has 0 saturated heterocycles. The van der Waals surface area contributed by atoms with E-state index in [0.29, 0.717) is 22.7 Å². The Balaban J connectivity index is 2.08. The monoisotopic (exact) mass is 344 g/mol. The van der Waals surface area contributed by atoms with Crippen LogP contribution in [-0.4, -0.2) is 30.8 Å². The number of halogens is 1. The minimum atomic E-state index is -0.139. The molecule has 0 heterocycles. The van der Waals surface area contributed by atoms with E-state index < -0.39 is 0 Å². The number of rotatable bonds is 5. The molecule has 126 valence electrons. The highest BCUT2D eigenvalue weighted by atomic mass is 35.5. The SMILES string of the molecule is CC(CC(=O)Nc1cc(C(=O)N(C)C)ccc1Cl)c1ccccc1. The molecule has 0 spiro atoms. The fourth-order valence-corrected chi connectivity index (χ4v) is 2.56. The molecule has 0 aliphatic rings. The molecule has 1 atom stereocenters. The van der Waals surface area contributed by atoms with E-state index in [4.69, 9.17) is 11.6 Å². The number of nitrogens with zero attached hydrogens (tertiary/aromatic N) is 1. The first-order valence-corrected chi connectivity index (χ1v) is 8.12. The van der Waals surface area contributed by atoms with Crippen LogP contribution in [0.4, 0.5) is 5.69 Å². The van der Waals surface area contributed by atoms with Gasteiger partial charge in [0.25, 0.3) is 5.91 Å². The summed E-state index contributed by atoms with van der Waals surface area (Å²) >= 11 is 6.14. The van der Waals surface area contributed by atoms with Crippen molar-refractivity contribution in [3.8, 4) is 0 Å². The van der Waals surface area contributed by atoms with E-state index in [1.165, 1.54) is 4.90 Å². The lowest BCUT2D eigenvalue weighted by Crippen LogP contribution is -2.22. The highest BCUT2D eigenvalue weighted by Crippen LogP contribution is 2.25. The second-order valence-corrected chi connectivity index (χ2v) is 6.37.